The molecule has 0 bridgehead atoms. The van der Waals surface area contributed by atoms with E-state index in [1.54, 1.807) is 13.2 Å². The van der Waals surface area contributed by atoms with Crippen LogP contribution in [-0.4, -0.2) is 64.0 Å². The van der Waals surface area contributed by atoms with E-state index in [4.69, 9.17) is 37.7 Å². The summed E-state index contributed by atoms with van der Waals surface area (Å²) in [6.45, 7) is 7.71. The van der Waals surface area contributed by atoms with Gasteiger partial charge in [-0.15, -0.1) is 0 Å². The van der Waals surface area contributed by atoms with E-state index in [-0.39, 0.29) is 0 Å². The smallest absolute Gasteiger partial charge is 0.193 e. The van der Waals surface area contributed by atoms with Gasteiger partial charge < -0.3 is 19.7 Å². The van der Waals surface area contributed by atoms with Crippen LogP contribution in [0.15, 0.2) is 23.2 Å². The lowest BCUT2D eigenvalue weighted by atomic mass is 10.1. The van der Waals surface area contributed by atoms with E-state index >= 15 is 0 Å². The van der Waals surface area contributed by atoms with E-state index in [9.17, 15) is 0 Å². The lowest BCUT2D eigenvalue weighted by molar-refractivity contribution is 0.0536. The SMILES string of the molecule is CCNC(=NCCc1cc(Cl)cc(Cl)c1)N1CCC(COCCOC)C1. The minimum atomic E-state index is 0.544. The molecule has 1 unspecified atom stereocenters. The number of nitrogens with one attached hydrogen (secondary N) is 1. The summed E-state index contributed by atoms with van der Waals surface area (Å²) in [5.41, 5.74) is 1.10. The van der Waals surface area contributed by atoms with Gasteiger partial charge in [0.15, 0.2) is 5.96 Å². The Morgan fingerprint density at radius 1 is 1.27 bits per heavy atom. The zero-order chi connectivity index (χ0) is 18.8. The van der Waals surface area contributed by atoms with Crippen LogP contribution in [0.1, 0.15) is 18.9 Å². The number of hydrogen-bond acceptors (Lipinski definition) is 3. The molecule has 0 spiro atoms. The quantitative estimate of drug-likeness (QED) is 0.390. The molecule has 1 N–H and O–H groups in total. The first-order valence-corrected chi connectivity index (χ1v) is 9.93. The molecule has 1 atom stereocenters. The predicted octanol–water partition coefficient (Wildman–Crippen LogP) is 3.49. The fourth-order valence-corrected chi connectivity index (χ4v) is 3.60. The molecule has 1 aliphatic rings. The van der Waals surface area contributed by atoms with Crippen LogP contribution >= 0.6 is 23.2 Å². The molecule has 7 heteroatoms. The number of aliphatic imine (C=N–C) groups is 1. The molecule has 0 aromatic heterocycles. The summed E-state index contributed by atoms with van der Waals surface area (Å²) >= 11 is 12.1. The molecule has 1 aromatic carbocycles. The number of rotatable bonds is 9. The van der Waals surface area contributed by atoms with Gasteiger partial charge in [0.2, 0.25) is 0 Å². The average Bonchev–Trinajstić information content (AvgIpc) is 3.06. The Balaban J connectivity index is 1.84. The van der Waals surface area contributed by atoms with Crippen molar-refractivity contribution in [1.29, 1.82) is 0 Å². The molecule has 0 amide bonds. The zero-order valence-electron chi connectivity index (χ0n) is 15.6. The van der Waals surface area contributed by atoms with Crippen LogP contribution in [0.4, 0.5) is 0 Å². The van der Waals surface area contributed by atoms with Gasteiger partial charge in [0.05, 0.1) is 19.8 Å². The number of benzene rings is 1. The highest BCUT2D eigenvalue weighted by molar-refractivity contribution is 6.34. The largest absolute Gasteiger partial charge is 0.382 e. The van der Waals surface area contributed by atoms with Gasteiger partial charge in [-0.25, -0.2) is 0 Å². The Bertz CT molecular complexity index is 564. The van der Waals surface area contributed by atoms with Gasteiger partial charge in [-0.1, -0.05) is 23.2 Å². The Kier molecular flexibility index (Phi) is 9.54. The second-order valence-corrected chi connectivity index (χ2v) is 7.30. The fraction of sp³-hybridized carbons (Fsp3) is 0.632. The van der Waals surface area contributed by atoms with Crippen LogP contribution in [0.5, 0.6) is 0 Å². The Morgan fingerprint density at radius 2 is 2.04 bits per heavy atom. The molecular formula is C19H29Cl2N3O2. The molecule has 26 heavy (non-hydrogen) atoms. The number of likely N-dealkylation sites (tertiary alicyclic amines) is 1. The van der Waals surface area contributed by atoms with E-state index in [0.29, 0.717) is 35.7 Å². The van der Waals surface area contributed by atoms with Crippen molar-refractivity contribution in [2.75, 3.05) is 53.1 Å². The lowest BCUT2D eigenvalue weighted by Gasteiger charge is -2.21. The Morgan fingerprint density at radius 3 is 2.73 bits per heavy atom. The molecule has 1 aromatic rings. The zero-order valence-corrected chi connectivity index (χ0v) is 17.2. The topological polar surface area (TPSA) is 46.1 Å². The molecule has 146 valence electrons. The summed E-state index contributed by atoms with van der Waals surface area (Å²) in [4.78, 5) is 7.10. The molecule has 1 aliphatic heterocycles. The van der Waals surface area contributed by atoms with Crippen LogP contribution in [0.2, 0.25) is 10.0 Å². The number of methoxy groups -OCH3 is 1. The van der Waals surface area contributed by atoms with Crippen LogP contribution in [0.3, 0.4) is 0 Å². The monoisotopic (exact) mass is 401 g/mol. The Labute approximate surface area is 166 Å². The lowest BCUT2D eigenvalue weighted by Crippen LogP contribution is -2.40. The van der Waals surface area contributed by atoms with Crippen molar-refractivity contribution in [3.05, 3.63) is 33.8 Å². The van der Waals surface area contributed by atoms with Gasteiger partial charge in [-0.3, -0.25) is 4.99 Å². The van der Waals surface area contributed by atoms with Gasteiger partial charge in [0.25, 0.3) is 0 Å². The molecule has 1 heterocycles. The predicted molar refractivity (Wildman–Crippen MR) is 109 cm³/mol. The molecule has 0 radical (unpaired) electrons. The van der Waals surface area contributed by atoms with Gasteiger partial charge in [-0.2, -0.15) is 0 Å². The van der Waals surface area contributed by atoms with E-state index < -0.39 is 0 Å². The van der Waals surface area contributed by atoms with Gasteiger partial charge in [0, 0.05) is 49.3 Å². The fourth-order valence-electron chi connectivity index (χ4n) is 3.03. The number of halogens is 2. The third kappa shape index (κ3) is 7.31. The van der Waals surface area contributed by atoms with Crippen LogP contribution in [0.25, 0.3) is 0 Å². The van der Waals surface area contributed by atoms with Gasteiger partial charge >= 0.3 is 0 Å². The van der Waals surface area contributed by atoms with E-state index in [1.807, 2.05) is 12.1 Å². The molecule has 2 rings (SSSR count). The maximum atomic E-state index is 6.06. The van der Waals surface area contributed by atoms with Gasteiger partial charge in [-0.05, 0) is 43.5 Å². The number of guanidine groups is 1. The standard InChI is InChI=1S/C19H29Cl2N3O2/c1-3-22-19(23-6-4-15-10-17(20)12-18(21)11-15)24-7-5-16(13-24)14-26-9-8-25-2/h10-12,16H,3-9,13-14H2,1-2H3,(H,22,23). The molecule has 0 aliphatic carbocycles. The highest BCUT2D eigenvalue weighted by atomic mass is 35.5. The molecule has 5 nitrogen and oxygen atoms in total. The van der Waals surface area contributed by atoms with Crippen molar-refractivity contribution in [2.24, 2.45) is 10.9 Å². The van der Waals surface area contributed by atoms with Crippen molar-refractivity contribution in [3.63, 3.8) is 0 Å². The highest BCUT2D eigenvalue weighted by Crippen LogP contribution is 2.20. The third-order valence-electron chi connectivity index (χ3n) is 4.29. The first-order chi connectivity index (χ1) is 12.6. The molecule has 1 fully saturated rings. The average molecular weight is 402 g/mol. The molecule has 1 saturated heterocycles. The Hall–Kier alpha value is -1.01. The van der Waals surface area contributed by atoms with Crippen molar-refractivity contribution in [3.8, 4) is 0 Å². The highest BCUT2D eigenvalue weighted by Gasteiger charge is 2.24. The van der Waals surface area contributed by atoms with Crippen LogP contribution in [-0.2, 0) is 15.9 Å². The summed E-state index contributed by atoms with van der Waals surface area (Å²) in [5.74, 6) is 1.52. The van der Waals surface area contributed by atoms with Crippen molar-refractivity contribution < 1.29 is 9.47 Å². The van der Waals surface area contributed by atoms with Crippen LogP contribution in [0, 0.1) is 5.92 Å². The van der Waals surface area contributed by atoms with Crippen molar-refractivity contribution in [2.45, 2.75) is 19.8 Å². The van der Waals surface area contributed by atoms with Crippen molar-refractivity contribution >= 4 is 29.2 Å². The second-order valence-electron chi connectivity index (χ2n) is 6.43. The van der Waals surface area contributed by atoms with Crippen molar-refractivity contribution in [1.82, 2.24) is 10.2 Å². The van der Waals surface area contributed by atoms with Gasteiger partial charge in [0.1, 0.15) is 0 Å². The minimum absolute atomic E-state index is 0.544. The number of ether oxygens (including phenoxy) is 2. The number of nitrogens with zero attached hydrogens (tertiary/aromatic N) is 2. The van der Waals surface area contributed by atoms with Crippen LogP contribution < -0.4 is 5.32 Å². The first-order valence-electron chi connectivity index (χ1n) is 9.17. The normalized spacial score (nSPS) is 17.8. The maximum Gasteiger partial charge on any atom is 0.193 e. The second kappa shape index (κ2) is 11.7. The summed E-state index contributed by atoms with van der Waals surface area (Å²) < 4.78 is 10.7. The minimum Gasteiger partial charge on any atom is -0.382 e. The van der Waals surface area contributed by atoms with E-state index in [1.165, 1.54) is 0 Å². The summed E-state index contributed by atoms with van der Waals surface area (Å²) in [6.07, 6.45) is 1.94. The summed E-state index contributed by atoms with van der Waals surface area (Å²) in [5, 5.41) is 4.73. The third-order valence-corrected chi connectivity index (χ3v) is 4.73. The molecule has 0 saturated carbocycles. The first kappa shape index (κ1) is 21.3. The maximum absolute atomic E-state index is 6.06. The summed E-state index contributed by atoms with van der Waals surface area (Å²) in [6, 6.07) is 5.64. The molecular weight excluding hydrogens is 373 g/mol. The van der Waals surface area contributed by atoms with E-state index in [0.717, 1.165) is 50.6 Å². The number of hydrogen-bond donors (Lipinski definition) is 1. The van der Waals surface area contributed by atoms with E-state index in [2.05, 4.69) is 17.1 Å². The summed E-state index contributed by atoms with van der Waals surface area (Å²) in [7, 11) is 1.69.